The van der Waals surface area contributed by atoms with Gasteiger partial charge in [-0.2, -0.15) is 0 Å². The minimum atomic E-state index is 0.266. The van der Waals surface area contributed by atoms with E-state index in [0.29, 0.717) is 0 Å². The van der Waals surface area contributed by atoms with Crippen molar-refractivity contribution < 1.29 is 0 Å². The fourth-order valence-electron chi connectivity index (χ4n) is 1.34. The third-order valence-corrected chi connectivity index (χ3v) is 3.09. The Balaban J connectivity index is 2.03. The number of nitrogens with zero attached hydrogens (tertiary/aromatic N) is 1. The minimum absolute atomic E-state index is 0.266. The average molecular weight is 221 g/mol. The van der Waals surface area contributed by atoms with Crippen LogP contribution in [-0.4, -0.2) is 21.8 Å². The fourth-order valence-corrected chi connectivity index (χ4v) is 2.37. The molecule has 3 N–H and O–H groups in total. The summed E-state index contributed by atoms with van der Waals surface area (Å²) in [5.74, 6) is 1.01. The van der Waals surface area contributed by atoms with Gasteiger partial charge in [-0.05, 0) is 25.5 Å². The summed E-state index contributed by atoms with van der Waals surface area (Å²) in [6.07, 6.45) is 1.02. The predicted octanol–water partition coefficient (Wildman–Crippen LogP) is 2.39. The van der Waals surface area contributed by atoms with Gasteiger partial charge in [-0.3, -0.25) is 0 Å². The first-order chi connectivity index (χ1) is 7.25. The first kappa shape index (κ1) is 10.5. The van der Waals surface area contributed by atoms with E-state index in [-0.39, 0.29) is 6.04 Å². The second-order valence-corrected chi connectivity index (χ2v) is 4.76. The normalized spacial score (nSPS) is 13.2. The number of aromatic amines is 1. The Labute approximate surface area is 93.5 Å². The maximum atomic E-state index is 5.69. The summed E-state index contributed by atoms with van der Waals surface area (Å²) in [7, 11) is 0. The number of hydrogen-bond acceptors (Lipinski definition) is 3. The van der Waals surface area contributed by atoms with Gasteiger partial charge in [0.15, 0.2) is 5.16 Å². The van der Waals surface area contributed by atoms with Crippen LogP contribution in [0.5, 0.6) is 0 Å². The molecule has 0 saturated heterocycles. The number of thioether (sulfide) groups is 1. The molecule has 0 fully saturated rings. The molecule has 0 aliphatic carbocycles. The number of rotatable bonds is 4. The average Bonchev–Trinajstić information content (AvgIpc) is 2.59. The Kier molecular flexibility index (Phi) is 3.28. The summed E-state index contributed by atoms with van der Waals surface area (Å²) < 4.78 is 0. The van der Waals surface area contributed by atoms with Crippen molar-refractivity contribution in [1.29, 1.82) is 0 Å². The lowest BCUT2D eigenvalue weighted by Crippen LogP contribution is -2.15. The highest BCUT2D eigenvalue weighted by Gasteiger charge is 2.02. The van der Waals surface area contributed by atoms with Crippen molar-refractivity contribution in [2.75, 3.05) is 5.75 Å². The quantitative estimate of drug-likeness (QED) is 0.779. The SMILES string of the molecule is CC(N)CCSc1nc2ccccc2[nH]1. The van der Waals surface area contributed by atoms with Crippen molar-refractivity contribution in [3.8, 4) is 0 Å². The maximum Gasteiger partial charge on any atom is 0.166 e. The number of aromatic nitrogens is 2. The number of nitrogens with two attached hydrogens (primary N) is 1. The number of fused-ring (bicyclic) bond motifs is 1. The van der Waals surface area contributed by atoms with Crippen LogP contribution in [0.4, 0.5) is 0 Å². The fraction of sp³-hybridized carbons (Fsp3) is 0.364. The van der Waals surface area contributed by atoms with Gasteiger partial charge in [-0.25, -0.2) is 4.98 Å². The van der Waals surface area contributed by atoms with Gasteiger partial charge in [-0.1, -0.05) is 23.9 Å². The van der Waals surface area contributed by atoms with Gasteiger partial charge in [-0.15, -0.1) is 0 Å². The number of benzene rings is 1. The van der Waals surface area contributed by atoms with Crippen molar-refractivity contribution in [2.24, 2.45) is 5.73 Å². The molecular formula is C11H15N3S. The summed E-state index contributed by atoms with van der Waals surface area (Å²) in [4.78, 5) is 7.76. The second kappa shape index (κ2) is 4.68. The van der Waals surface area contributed by atoms with Crippen molar-refractivity contribution in [3.63, 3.8) is 0 Å². The summed E-state index contributed by atoms with van der Waals surface area (Å²) in [5, 5.41) is 0.983. The van der Waals surface area contributed by atoms with Crippen LogP contribution in [0.25, 0.3) is 11.0 Å². The molecule has 2 aromatic rings. The molecule has 0 radical (unpaired) electrons. The number of hydrogen-bond donors (Lipinski definition) is 2. The van der Waals surface area contributed by atoms with E-state index >= 15 is 0 Å². The molecule has 0 aliphatic heterocycles. The monoisotopic (exact) mass is 221 g/mol. The van der Waals surface area contributed by atoms with Crippen LogP contribution in [0.15, 0.2) is 29.4 Å². The molecule has 0 aliphatic rings. The zero-order valence-electron chi connectivity index (χ0n) is 8.73. The molecule has 1 heterocycles. The van der Waals surface area contributed by atoms with Crippen LogP contribution >= 0.6 is 11.8 Å². The number of nitrogens with one attached hydrogen (secondary N) is 1. The van der Waals surface area contributed by atoms with Gasteiger partial charge in [0.1, 0.15) is 0 Å². The highest BCUT2D eigenvalue weighted by atomic mass is 32.2. The van der Waals surface area contributed by atoms with Gasteiger partial charge in [0, 0.05) is 11.8 Å². The molecule has 1 atom stereocenters. The van der Waals surface area contributed by atoms with E-state index in [4.69, 9.17) is 5.73 Å². The smallest absolute Gasteiger partial charge is 0.166 e. The highest BCUT2D eigenvalue weighted by molar-refractivity contribution is 7.99. The van der Waals surface area contributed by atoms with Crippen LogP contribution in [-0.2, 0) is 0 Å². The third-order valence-electron chi connectivity index (χ3n) is 2.18. The molecule has 1 aromatic carbocycles. The number of para-hydroxylation sites is 2. The Morgan fingerprint density at radius 3 is 3.00 bits per heavy atom. The van der Waals surface area contributed by atoms with E-state index in [2.05, 4.69) is 9.97 Å². The van der Waals surface area contributed by atoms with Crippen LogP contribution in [0.2, 0.25) is 0 Å². The van der Waals surface area contributed by atoms with Crippen LogP contribution in [0.3, 0.4) is 0 Å². The lowest BCUT2D eigenvalue weighted by atomic mass is 10.3. The molecule has 0 amide bonds. The topological polar surface area (TPSA) is 54.7 Å². The van der Waals surface area contributed by atoms with E-state index in [1.807, 2.05) is 31.2 Å². The summed E-state index contributed by atoms with van der Waals surface area (Å²) in [6.45, 7) is 2.03. The predicted molar refractivity (Wildman–Crippen MR) is 65.1 cm³/mol. The van der Waals surface area contributed by atoms with Gasteiger partial charge >= 0.3 is 0 Å². The summed E-state index contributed by atoms with van der Waals surface area (Å²) >= 11 is 1.73. The van der Waals surface area contributed by atoms with E-state index in [1.165, 1.54) is 0 Å². The van der Waals surface area contributed by atoms with Crippen molar-refractivity contribution in [2.45, 2.75) is 24.5 Å². The molecule has 0 spiro atoms. The van der Waals surface area contributed by atoms with Crippen LogP contribution in [0, 0.1) is 0 Å². The van der Waals surface area contributed by atoms with Crippen molar-refractivity contribution in [1.82, 2.24) is 9.97 Å². The highest BCUT2D eigenvalue weighted by Crippen LogP contribution is 2.19. The Hall–Kier alpha value is -1.00. The molecule has 0 saturated carbocycles. The molecule has 4 heteroatoms. The van der Waals surface area contributed by atoms with E-state index in [0.717, 1.165) is 28.4 Å². The maximum absolute atomic E-state index is 5.69. The van der Waals surface area contributed by atoms with Crippen LogP contribution < -0.4 is 5.73 Å². The largest absolute Gasteiger partial charge is 0.333 e. The summed E-state index contributed by atoms with van der Waals surface area (Å²) in [6, 6.07) is 8.33. The lowest BCUT2D eigenvalue weighted by molar-refractivity contribution is 0.721. The number of H-pyrrole nitrogens is 1. The third kappa shape index (κ3) is 2.73. The molecule has 1 unspecified atom stereocenters. The molecule has 0 bridgehead atoms. The standard InChI is InChI=1S/C11H15N3S/c1-8(12)6-7-15-11-13-9-4-2-3-5-10(9)14-11/h2-5,8H,6-7,12H2,1H3,(H,13,14). The molecular weight excluding hydrogens is 206 g/mol. The molecule has 2 rings (SSSR count). The van der Waals surface area contributed by atoms with Crippen LogP contribution in [0.1, 0.15) is 13.3 Å². The Morgan fingerprint density at radius 1 is 1.47 bits per heavy atom. The zero-order chi connectivity index (χ0) is 10.7. The van der Waals surface area contributed by atoms with E-state index in [1.54, 1.807) is 11.8 Å². The van der Waals surface area contributed by atoms with E-state index < -0.39 is 0 Å². The first-order valence-electron chi connectivity index (χ1n) is 5.09. The second-order valence-electron chi connectivity index (χ2n) is 3.67. The minimum Gasteiger partial charge on any atom is -0.333 e. The molecule has 1 aromatic heterocycles. The van der Waals surface area contributed by atoms with Gasteiger partial charge < -0.3 is 10.7 Å². The van der Waals surface area contributed by atoms with Crippen molar-refractivity contribution >= 4 is 22.8 Å². The van der Waals surface area contributed by atoms with Gasteiger partial charge in [0.05, 0.1) is 11.0 Å². The molecule has 15 heavy (non-hydrogen) atoms. The zero-order valence-corrected chi connectivity index (χ0v) is 9.55. The Morgan fingerprint density at radius 2 is 2.27 bits per heavy atom. The Bertz CT molecular complexity index is 403. The van der Waals surface area contributed by atoms with Gasteiger partial charge in [0.25, 0.3) is 0 Å². The molecule has 3 nitrogen and oxygen atoms in total. The van der Waals surface area contributed by atoms with Crippen molar-refractivity contribution in [3.05, 3.63) is 24.3 Å². The van der Waals surface area contributed by atoms with Gasteiger partial charge in [0.2, 0.25) is 0 Å². The molecule has 80 valence electrons. The number of imidazole rings is 1. The lowest BCUT2D eigenvalue weighted by Gasteiger charge is -2.01. The van der Waals surface area contributed by atoms with E-state index in [9.17, 15) is 0 Å². The summed E-state index contributed by atoms with van der Waals surface area (Å²) in [5.41, 5.74) is 7.81. The first-order valence-corrected chi connectivity index (χ1v) is 6.07.